The fourth-order valence-corrected chi connectivity index (χ4v) is 2.59. The summed E-state index contributed by atoms with van der Waals surface area (Å²) in [5.41, 5.74) is 0. The van der Waals surface area contributed by atoms with Crippen LogP contribution in [0.3, 0.4) is 0 Å². The lowest BCUT2D eigenvalue weighted by molar-refractivity contribution is -0.0415. The summed E-state index contributed by atoms with van der Waals surface area (Å²) in [7, 11) is 1.66. The standard InChI is InChI=1S/C14H30N2O3/c1-4-15-13-6-5-7-16(8-13)9-14(17)11-19-12(2)10-18-3/h12-15,17H,4-11H2,1-3H3. The minimum Gasteiger partial charge on any atom is -0.389 e. The zero-order chi connectivity index (χ0) is 14.1. The summed E-state index contributed by atoms with van der Waals surface area (Å²) >= 11 is 0. The highest BCUT2D eigenvalue weighted by Gasteiger charge is 2.21. The van der Waals surface area contributed by atoms with Gasteiger partial charge in [-0.3, -0.25) is 4.90 Å². The molecule has 0 aliphatic carbocycles. The van der Waals surface area contributed by atoms with E-state index in [4.69, 9.17) is 9.47 Å². The van der Waals surface area contributed by atoms with Crippen LogP contribution in [-0.4, -0.2) is 74.8 Å². The first kappa shape index (κ1) is 16.9. The van der Waals surface area contributed by atoms with Crippen LogP contribution in [0.4, 0.5) is 0 Å². The average molecular weight is 274 g/mol. The van der Waals surface area contributed by atoms with E-state index in [1.807, 2.05) is 6.92 Å². The number of aliphatic hydroxyl groups is 1. The normalized spacial score (nSPS) is 24.3. The number of aliphatic hydroxyl groups excluding tert-OH is 1. The van der Waals surface area contributed by atoms with Crippen LogP contribution in [0.15, 0.2) is 0 Å². The summed E-state index contributed by atoms with van der Waals surface area (Å²) in [4.78, 5) is 2.33. The van der Waals surface area contributed by atoms with E-state index in [0.29, 0.717) is 25.8 Å². The van der Waals surface area contributed by atoms with Crippen LogP contribution in [-0.2, 0) is 9.47 Å². The van der Waals surface area contributed by atoms with E-state index < -0.39 is 6.10 Å². The molecule has 2 N–H and O–H groups in total. The maximum absolute atomic E-state index is 10.0. The van der Waals surface area contributed by atoms with Crippen molar-refractivity contribution >= 4 is 0 Å². The minimum atomic E-state index is -0.417. The van der Waals surface area contributed by atoms with Gasteiger partial charge in [0.25, 0.3) is 0 Å². The largest absolute Gasteiger partial charge is 0.389 e. The predicted octanol–water partition coefficient (Wildman–Crippen LogP) is 0.473. The van der Waals surface area contributed by atoms with E-state index >= 15 is 0 Å². The van der Waals surface area contributed by atoms with Gasteiger partial charge in [-0.25, -0.2) is 0 Å². The predicted molar refractivity (Wildman–Crippen MR) is 76.4 cm³/mol. The molecule has 1 aliphatic heterocycles. The number of piperidine rings is 1. The average Bonchev–Trinajstić information content (AvgIpc) is 2.38. The van der Waals surface area contributed by atoms with Crippen molar-refractivity contribution < 1.29 is 14.6 Å². The number of hydrogen-bond acceptors (Lipinski definition) is 5. The second-order valence-corrected chi connectivity index (χ2v) is 5.41. The lowest BCUT2D eigenvalue weighted by Crippen LogP contribution is -2.48. The summed E-state index contributed by atoms with van der Waals surface area (Å²) in [5, 5.41) is 13.5. The van der Waals surface area contributed by atoms with Crippen molar-refractivity contribution in [2.45, 2.75) is 44.9 Å². The topological polar surface area (TPSA) is 54.0 Å². The highest BCUT2D eigenvalue weighted by molar-refractivity contribution is 4.79. The fraction of sp³-hybridized carbons (Fsp3) is 1.00. The number of likely N-dealkylation sites (N-methyl/N-ethyl adjacent to an activating group) is 1. The van der Waals surface area contributed by atoms with Crippen molar-refractivity contribution in [3.63, 3.8) is 0 Å². The van der Waals surface area contributed by atoms with Crippen molar-refractivity contribution in [3.05, 3.63) is 0 Å². The molecule has 0 aromatic heterocycles. The van der Waals surface area contributed by atoms with Gasteiger partial charge in [0.15, 0.2) is 0 Å². The fourth-order valence-electron chi connectivity index (χ4n) is 2.59. The Morgan fingerprint density at radius 2 is 2.21 bits per heavy atom. The second kappa shape index (κ2) is 9.66. The molecule has 0 radical (unpaired) electrons. The maximum atomic E-state index is 10.0. The highest BCUT2D eigenvalue weighted by atomic mass is 16.5. The van der Waals surface area contributed by atoms with E-state index in [0.717, 1.165) is 19.6 Å². The van der Waals surface area contributed by atoms with Crippen LogP contribution >= 0.6 is 0 Å². The third-order valence-corrected chi connectivity index (χ3v) is 3.44. The van der Waals surface area contributed by atoms with Gasteiger partial charge in [-0.05, 0) is 32.9 Å². The molecule has 19 heavy (non-hydrogen) atoms. The molecule has 1 heterocycles. The Kier molecular flexibility index (Phi) is 8.57. The van der Waals surface area contributed by atoms with E-state index in [-0.39, 0.29) is 6.10 Å². The number of methoxy groups -OCH3 is 1. The SMILES string of the molecule is CCNC1CCCN(CC(O)COC(C)COC)C1. The monoisotopic (exact) mass is 274 g/mol. The third-order valence-electron chi connectivity index (χ3n) is 3.44. The van der Waals surface area contributed by atoms with E-state index in [9.17, 15) is 5.11 Å². The molecular weight excluding hydrogens is 244 g/mol. The third kappa shape index (κ3) is 7.22. The Morgan fingerprint density at radius 1 is 1.42 bits per heavy atom. The molecule has 0 amide bonds. The Morgan fingerprint density at radius 3 is 2.89 bits per heavy atom. The molecule has 5 heteroatoms. The molecule has 0 bridgehead atoms. The zero-order valence-corrected chi connectivity index (χ0v) is 12.6. The van der Waals surface area contributed by atoms with Crippen molar-refractivity contribution in [2.24, 2.45) is 0 Å². The van der Waals surface area contributed by atoms with Crippen LogP contribution in [0.2, 0.25) is 0 Å². The maximum Gasteiger partial charge on any atom is 0.0900 e. The summed E-state index contributed by atoms with van der Waals surface area (Å²) in [6.45, 7) is 8.86. The second-order valence-electron chi connectivity index (χ2n) is 5.41. The van der Waals surface area contributed by atoms with Gasteiger partial charge in [0.2, 0.25) is 0 Å². The van der Waals surface area contributed by atoms with Crippen molar-refractivity contribution in [3.8, 4) is 0 Å². The number of ether oxygens (including phenoxy) is 2. The number of nitrogens with one attached hydrogen (secondary N) is 1. The number of likely N-dealkylation sites (tertiary alicyclic amines) is 1. The van der Waals surface area contributed by atoms with Gasteiger partial charge < -0.3 is 19.9 Å². The summed E-state index contributed by atoms with van der Waals surface area (Å²) in [6.07, 6.45) is 2.06. The van der Waals surface area contributed by atoms with Crippen LogP contribution in [0.5, 0.6) is 0 Å². The van der Waals surface area contributed by atoms with E-state index in [1.165, 1.54) is 12.8 Å². The highest BCUT2D eigenvalue weighted by Crippen LogP contribution is 2.10. The van der Waals surface area contributed by atoms with Crippen LogP contribution < -0.4 is 5.32 Å². The first-order chi connectivity index (χ1) is 9.15. The lowest BCUT2D eigenvalue weighted by atomic mass is 10.1. The van der Waals surface area contributed by atoms with Gasteiger partial charge in [0, 0.05) is 26.2 Å². The molecule has 0 spiro atoms. The van der Waals surface area contributed by atoms with Crippen molar-refractivity contribution in [2.75, 3.05) is 46.5 Å². The Balaban J connectivity index is 2.18. The summed E-state index contributed by atoms with van der Waals surface area (Å²) < 4.78 is 10.5. The molecule has 5 nitrogen and oxygen atoms in total. The van der Waals surface area contributed by atoms with Gasteiger partial charge in [0.1, 0.15) is 0 Å². The molecule has 1 fully saturated rings. The molecular formula is C14H30N2O3. The number of nitrogens with zero attached hydrogens (tertiary/aromatic N) is 1. The van der Waals surface area contributed by atoms with E-state index in [1.54, 1.807) is 7.11 Å². The van der Waals surface area contributed by atoms with Crippen molar-refractivity contribution in [1.82, 2.24) is 10.2 Å². The first-order valence-electron chi connectivity index (χ1n) is 7.40. The molecule has 1 rings (SSSR count). The number of hydrogen-bond donors (Lipinski definition) is 2. The van der Waals surface area contributed by atoms with Gasteiger partial charge in [-0.1, -0.05) is 6.92 Å². The van der Waals surface area contributed by atoms with Gasteiger partial charge in [-0.2, -0.15) is 0 Å². The number of β-amino-alcohol motifs (C(OH)–C–C–N with tert-alkyl or cyclic N) is 1. The van der Waals surface area contributed by atoms with Crippen molar-refractivity contribution in [1.29, 1.82) is 0 Å². The molecule has 0 saturated carbocycles. The zero-order valence-electron chi connectivity index (χ0n) is 12.6. The quantitative estimate of drug-likeness (QED) is 0.640. The molecule has 0 aromatic carbocycles. The van der Waals surface area contributed by atoms with E-state index in [2.05, 4.69) is 17.1 Å². The van der Waals surface area contributed by atoms with Crippen LogP contribution in [0.25, 0.3) is 0 Å². The number of rotatable bonds is 9. The molecule has 3 atom stereocenters. The molecule has 114 valence electrons. The van der Waals surface area contributed by atoms with Gasteiger partial charge in [0.05, 0.1) is 25.4 Å². The molecule has 0 aromatic rings. The Labute approximate surface area is 117 Å². The Hall–Kier alpha value is -0.200. The van der Waals surface area contributed by atoms with Gasteiger partial charge >= 0.3 is 0 Å². The van der Waals surface area contributed by atoms with Crippen LogP contribution in [0.1, 0.15) is 26.7 Å². The molecule has 1 saturated heterocycles. The minimum absolute atomic E-state index is 0.0375. The Bertz CT molecular complexity index is 227. The smallest absolute Gasteiger partial charge is 0.0900 e. The molecule has 3 unspecified atom stereocenters. The molecule has 1 aliphatic rings. The first-order valence-corrected chi connectivity index (χ1v) is 7.40. The van der Waals surface area contributed by atoms with Crippen LogP contribution in [0, 0.1) is 0 Å². The lowest BCUT2D eigenvalue weighted by Gasteiger charge is -2.34. The summed E-state index contributed by atoms with van der Waals surface area (Å²) in [6, 6.07) is 0.569. The summed E-state index contributed by atoms with van der Waals surface area (Å²) in [5.74, 6) is 0. The van der Waals surface area contributed by atoms with Gasteiger partial charge in [-0.15, -0.1) is 0 Å².